The van der Waals surface area contributed by atoms with Crippen molar-refractivity contribution in [2.75, 3.05) is 0 Å². The van der Waals surface area contributed by atoms with E-state index < -0.39 is 28.9 Å². The highest BCUT2D eigenvalue weighted by Crippen LogP contribution is 2.37. The van der Waals surface area contributed by atoms with Gasteiger partial charge in [0.25, 0.3) is 0 Å². The van der Waals surface area contributed by atoms with Gasteiger partial charge in [-0.15, -0.1) is 0 Å². The van der Waals surface area contributed by atoms with Gasteiger partial charge in [0.2, 0.25) is 11.8 Å². The van der Waals surface area contributed by atoms with Crippen molar-refractivity contribution in [1.82, 2.24) is 5.32 Å². The molecule has 1 unspecified atom stereocenters. The van der Waals surface area contributed by atoms with Crippen molar-refractivity contribution in [3.05, 3.63) is 34.9 Å². The second-order valence-corrected chi connectivity index (χ2v) is 6.07. The van der Waals surface area contributed by atoms with E-state index in [1.54, 1.807) is 20.8 Å². The second-order valence-electron chi connectivity index (χ2n) is 6.07. The summed E-state index contributed by atoms with van der Waals surface area (Å²) in [5.74, 6) is -2.89. The van der Waals surface area contributed by atoms with Crippen molar-refractivity contribution in [3.8, 4) is 0 Å². The number of amides is 2. The van der Waals surface area contributed by atoms with E-state index in [2.05, 4.69) is 5.32 Å². The van der Waals surface area contributed by atoms with Gasteiger partial charge in [0, 0.05) is 17.5 Å². The fourth-order valence-corrected chi connectivity index (χ4v) is 2.64. The first kappa shape index (κ1) is 14.6. The lowest BCUT2D eigenvalue weighted by Crippen LogP contribution is -2.40. The lowest BCUT2D eigenvalue weighted by atomic mass is 9.77. The highest BCUT2D eigenvalue weighted by molar-refractivity contribution is 6.01. The van der Waals surface area contributed by atoms with Crippen molar-refractivity contribution in [2.24, 2.45) is 0 Å². The lowest BCUT2D eigenvalue weighted by Gasteiger charge is -2.29. The van der Waals surface area contributed by atoms with Gasteiger partial charge < -0.3 is 0 Å². The van der Waals surface area contributed by atoms with Crippen LogP contribution in [0.4, 0.5) is 8.78 Å². The molecule has 0 saturated carbocycles. The van der Waals surface area contributed by atoms with Crippen LogP contribution in [0.15, 0.2) is 12.1 Å². The van der Waals surface area contributed by atoms with Crippen LogP contribution < -0.4 is 5.32 Å². The number of carbonyl (C=O) groups excluding carboxylic acids is 2. The van der Waals surface area contributed by atoms with Gasteiger partial charge in [-0.3, -0.25) is 14.9 Å². The van der Waals surface area contributed by atoms with E-state index in [1.165, 1.54) is 0 Å². The molecule has 1 N–H and O–H groups in total. The third kappa shape index (κ3) is 2.57. The van der Waals surface area contributed by atoms with Gasteiger partial charge in [0.1, 0.15) is 11.6 Å². The van der Waals surface area contributed by atoms with Crippen molar-refractivity contribution < 1.29 is 18.4 Å². The number of imide groups is 1. The Morgan fingerprint density at radius 1 is 1.15 bits per heavy atom. The number of hydrogen-bond donors (Lipinski definition) is 1. The van der Waals surface area contributed by atoms with Crippen LogP contribution in [0, 0.1) is 11.6 Å². The molecule has 1 aromatic rings. The lowest BCUT2D eigenvalue weighted by molar-refractivity contribution is -0.134. The minimum Gasteiger partial charge on any atom is -0.296 e. The Labute approximate surface area is 116 Å². The van der Waals surface area contributed by atoms with E-state index in [1.807, 2.05) is 0 Å². The molecule has 2 rings (SSSR count). The first-order valence-corrected chi connectivity index (χ1v) is 6.54. The molecule has 0 aromatic heterocycles. The first-order chi connectivity index (χ1) is 9.21. The summed E-state index contributed by atoms with van der Waals surface area (Å²) in [7, 11) is 0. The van der Waals surface area contributed by atoms with E-state index in [-0.39, 0.29) is 29.9 Å². The predicted molar refractivity (Wildman–Crippen MR) is 70.2 cm³/mol. The minimum absolute atomic E-state index is 0.0718. The number of benzene rings is 1. The molecular weight excluding hydrogens is 264 g/mol. The third-order valence-electron chi connectivity index (χ3n) is 3.48. The average Bonchev–Trinajstić information content (AvgIpc) is 2.31. The van der Waals surface area contributed by atoms with Crippen molar-refractivity contribution in [1.29, 1.82) is 0 Å². The molecule has 108 valence electrons. The number of rotatable bonds is 1. The maximum absolute atomic E-state index is 14.2. The standard InChI is InChI=1S/C15H17F2NO2/c1-15(2,3)13-10(17)6-5-9(16)12(13)8-4-7-11(19)18-14(8)20/h5-6,8H,4,7H2,1-3H3,(H,18,19,20). The van der Waals surface area contributed by atoms with E-state index in [4.69, 9.17) is 0 Å². The Kier molecular flexibility index (Phi) is 3.63. The number of carbonyl (C=O) groups is 2. The van der Waals surface area contributed by atoms with Crippen LogP contribution in [-0.2, 0) is 15.0 Å². The fourth-order valence-electron chi connectivity index (χ4n) is 2.64. The zero-order valence-corrected chi connectivity index (χ0v) is 11.7. The molecule has 1 fully saturated rings. The van der Waals surface area contributed by atoms with Crippen molar-refractivity contribution in [2.45, 2.75) is 44.9 Å². The molecule has 2 amide bonds. The molecule has 0 aliphatic carbocycles. The molecule has 3 nitrogen and oxygen atoms in total. The van der Waals surface area contributed by atoms with Crippen LogP contribution in [0.2, 0.25) is 0 Å². The first-order valence-electron chi connectivity index (χ1n) is 6.54. The van der Waals surface area contributed by atoms with Crippen LogP contribution in [-0.4, -0.2) is 11.8 Å². The SMILES string of the molecule is CC(C)(C)c1c(F)ccc(F)c1C1CCC(=O)NC1=O. The molecule has 0 spiro atoms. The quantitative estimate of drug-likeness (QED) is 0.805. The Hall–Kier alpha value is -1.78. The Morgan fingerprint density at radius 3 is 2.30 bits per heavy atom. The number of piperidine rings is 1. The Bertz CT molecular complexity index is 576. The molecule has 0 radical (unpaired) electrons. The van der Waals surface area contributed by atoms with E-state index in [9.17, 15) is 18.4 Å². The van der Waals surface area contributed by atoms with Crippen molar-refractivity contribution >= 4 is 11.8 Å². The van der Waals surface area contributed by atoms with Crippen LogP contribution >= 0.6 is 0 Å². The summed E-state index contributed by atoms with van der Waals surface area (Å²) >= 11 is 0. The highest BCUT2D eigenvalue weighted by atomic mass is 19.1. The molecule has 0 bridgehead atoms. The number of nitrogens with one attached hydrogen (secondary N) is 1. The highest BCUT2D eigenvalue weighted by Gasteiger charge is 2.35. The molecule has 1 aromatic carbocycles. The fraction of sp³-hybridized carbons (Fsp3) is 0.467. The van der Waals surface area contributed by atoms with Gasteiger partial charge in [0.15, 0.2) is 0 Å². The summed E-state index contributed by atoms with van der Waals surface area (Å²) in [6.45, 7) is 5.29. The molecule has 1 aliphatic rings. The topological polar surface area (TPSA) is 46.2 Å². The third-order valence-corrected chi connectivity index (χ3v) is 3.48. The summed E-state index contributed by atoms with van der Waals surface area (Å²) < 4.78 is 28.3. The van der Waals surface area contributed by atoms with Gasteiger partial charge in [-0.05, 0) is 24.0 Å². The molecule has 1 atom stereocenters. The smallest absolute Gasteiger partial charge is 0.234 e. The van der Waals surface area contributed by atoms with Crippen LogP contribution in [0.3, 0.4) is 0 Å². The summed E-state index contributed by atoms with van der Waals surface area (Å²) in [6.07, 6.45) is 0.337. The van der Waals surface area contributed by atoms with Gasteiger partial charge in [-0.2, -0.15) is 0 Å². The summed E-state index contributed by atoms with van der Waals surface area (Å²) in [5, 5.41) is 2.19. The van der Waals surface area contributed by atoms with E-state index >= 15 is 0 Å². The van der Waals surface area contributed by atoms with E-state index in [0.717, 1.165) is 12.1 Å². The van der Waals surface area contributed by atoms with Gasteiger partial charge in [-0.1, -0.05) is 20.8 Å². The second kappa shape index (κ2) is 4.96. The number of halogens is 2. The summed E-state index contributed by atoms with van der Waals surface area (Å²) in [5.41, 5.74) is -0.363. The molecule has 20 heavy (non-hydrogen) atoms. The Morgan fingerprint density at radius 2 is 1.75 bits per heavy atom. The van der Waals surface area contributed by atoms with Gasteiger partial charge >= 0.3 is 0 Å². The van der Waals surface area contributed by atoms with E-state index in [0.29, 0.717) is 0 Å². The summed E-state index contributed by atoms with van der Waals surface area (Å²) in [6, 6.07) is 2.11. The number of hydrogen-bond acceptors (Lipinski definition) is 2. The van der Waals surface area contributed by atoms with Crippen LogP contribution in [0.25, 0.3) is 0 Å². The van der Waals surface area contributed by atoms with Crippen molar-refractivity contribution in [3.63, 3.8) is 0 Å². The molecular formula is C15H17F2NO2. The van der Waals surface area contributed by atoms with Gasteiger partial charge in [-0.25, -0.2) is 8.78 Å². The minimum atomic E-state index is -0.822. The largest absolute Gasteiger partial charge is 0.296 e. The molecule has 1 heterocycles. The average molecular weight is 281 g/mol. The predicted octanol–water partition coefficient (Wildman–Crippen LogP) is 2.78. The maximum Gasteiger partial charge on any atom is 0.234 e. The maximum atomic E-state index is 14.2. The zero-order chi connectivity index (χ0) is 15.1. The molecule has 1 saturated heterocycles. The molecule has 5 heteroatoms. The van der Waals surface area contributed by atoms with Gasteiger partial charge in [0.05, 0.1) is 5.92 Å². The monoisotopic (exact) mass is 281 g/mol. The summed E-state index contributed by atoms with van der Waals surface area (Å²) in [4.78, 5) is 23.1. The Balaban J connectivity index is 2.59. The zero-order valence-electron chi connectivity index (χ0n) is 11.7. The molecule has 1 aliphatic heterocycles. The normalized spacial score (nSPS) is 19.9. The van der Waals surface area contributed by atoms with Crippen LogP contribution in [0.5, 0.6) is 0 Å². The van der Waals surface area contributed by atoms with Crippen LogP contribution in [0.1, 0.15) is 50.7 Å².